The Morgan fingerprint density at radius 2 is 2.10 bits per heavy atom. The summed E-state index contributed by atoms with van der Waals surface area (Å²) in [5, 5.41) is 0.692. The molecule has 1 unspecified atom stereocenters. The van der Waals surface area contributed by atoms with Crippen LogP contribution >= 0.6 is 11.6 Å². The molecular weight excluding hydrogens is 272 g/mol. The summed E-state index contributed by atoms with van der Waals surface area (Å²) in [4.78, 5) is 4.32. The van der Waals surface area contributed by atoms with E-state index in [0.29, 0.717) is 18.1 Å². The molecule has 1 aromatic heterocycles. The van der Waals surface area contributed by atoms with E-state index in [0.717, 1.165) is 22.6 Å². The zero-order valence-corrected chi connectivity index (χ0v) is 12.5. The molecule has 0 bridgehead atoms. The van der Waals surface area contributed by atoms with E-state index in [2.05, 4.69) is 4.98 Å². The molecule has 0 saturated heterocycles. The first-order chi connectivity index (χ1) is 9.58. The quantitative estimate of drug-likeness (QED) is 0.916. The number of aryl methyl sites for hydroxylation is 1. The van der Waals surface area contributed by atoms with Gasteiger partial charge < -0.3 is 10.5 Å². The molecule has 20 heavy (non-hydrogen) atoms. The van der Waals surface area contributed by atoms with E-state index >= 15 is 0 Å². The lowest BCUT2D eigenvalue weighted by Crippen LogP contribution is -2.18. The monoisotopic (exact) mass is 290 g/mol. The van der Waals surface area contributed by atoms with Crippen LogP contribution in [0.1, 0.15) is 23.7 Å². The van der Waals surface area contributed by atoms with Crippen molar-refractivity contribution in [2.24, 2.45) is 5.73 Å². The minimum atomic E-state index is 0.0360. The summed E-state index contributed by atoms with van der Waals surface area (Å²) < 4.78 is 5.88. The molecule has 0 saturated carbocycles. The highest BCUT2D eigenvalue weighted by Gasteiger charge is 2.11. The average molecular weight is 291 g/mol. The van der Waals surface area contributed by atoms with Crippen LogP contribution in [-0.4, -0.2) is 11.0 Å². The van der Waals surface area contributed by atoms with Crippen molar-refractivity contribution in [2.45, 2.75) is 32.9 Å². The van der Waals surface area contributed by atoms with Crippen molar-refractivity contribution in [1.82, 2.24) is 4.98 Å². The van der Waals surface area contributed by atoms with E-state index in [4.69, 9.17) is 22.1 Å². The van der Waals surface area contributed by atoms with E-state index < -0.39 is 0 Å². The molecule has 106 valence electrons. The van der Waals surface area contributed by atoms with Gasteiger partial charge in [0.1, 0.15) is 12.4 Å². The fourth-order valence-corrected chi connectivity index (χ4v) is 2.25. The van der Waals surface area contributed by atoms with Gasteiger partial charge in [-0.2, -0.15) is 0 Å². The van der Waals surface area contributed by atoms with Crippen LogP contribution in [0.15, 0.2) is 36.5 Å². The molecule has 0 spiro atoms. The molecule has 2 rings (SSSR count). The number of nitrogens with zero attached hydrogens (tertiary/aromatic N) is 1. The van der Waals surface area contributed by atoms with Gasteiger partial charge in [-0.15, -0.1) is 0 Å². The molecule has 2 N–H and O–H groups in total. The first-order valence-corrected chi connectivity index (χ1v) is 7.02. The number of hydrogen-bond donors (Lipinski definition) is 1. The molecule has 1 aromatic carbocycles. The van der Waals surface area contributed by atoms with Crippen molar-refractivity contribution in [1.29, 1.82) is 0 Å². The Balaban J connectivity index is 2.17. The van der Waals surface area contributed by atoms with E-state index in [1.807, 2.05) is 44.2 Å². The molecule has 3 nitrogen and oxygen atoms in total. The van der Waals surface area contributed by atoms with Gasteiger partial charge in [0.05, 0.1) is 5.69 Å². The summed E-state index contributed by atoms with van der Waals surface area (Å²) in [6.45, 7) is 4.40. The van der Waals surface area contributed by atoms with Gasteiger partial charge in [0.25, 0.3) is 0 Å². The van der Waals surface area contributed by atoms with Gasteiger partial charge in [0.2, 0.25) is 0 Å². The van der Waals surface area contributed by atoms with Gasteiger partial charge in [0.15, 0.2) is 0 Å². The van der Waals surface area contributed by atoms with Crippen molar-refractivity contribution in [3.05, 3.63) is 58.4 Å². The predicted molar refractivity (Wildman–Crippen MR) is 82.1 cm³/mol. The maximum Gasteiger partial charge on any atom is 0.130 e. The normalized spacial score (nSPS) is 12.2. The largest absolute Gasteiger partial charge is 0.487 e. The van der Waals surface area contributed by atoms with Crippen LogP contribution in [0.2, 0.25) is 5.02 Å². The molecular formula is C16H19ClN2O. The van der Waals surface area contributed by atoms with E-state index in [1.54, 1.807) is 6.20 Å². The molecule has 1 atom stereocenters. The highest BCUT2D eigenvalue weighted by molar-refractivity contribution is 6.31. The second-order valence-electron chi connectivity index (χ2n) is 4.95. The summed E-state index contributed by atoms with van der Waals surface area (Å²) in [6.07, 6.45) is 2.46. The number of pyridine rings is 1. The van der Waals surface area contributed by atoms with Gasteiger partial charge in [0, 0.05) is 22.8 Å². The van der Waals surface area contributed by atoms with Gasteiger partial charge in [-0.3, -0.25) is 4.98 Å². The van der Waals surface area contributed by atoms with E-state index in [-0.39, 0.29) is 6.04 Å². The molecule has 0 fully saturated rings. The maximum absolute atomic E-state index is 6.24. The van der Waals surface area contributed by atoms with Gasteiger partial charge in [-0.05, 0) is 44.0 Å². The number of hydrogen-bond acceptors (Lipinski definition) is 3. The maximum atomic E-state index is 6.24. The summed E-state index contributed by atoms with van der Waals surface area (Å²) in [5.41, 5.74) is 8.87. The molecule has 0 amide bonds. The third-order valence-electron chi connectivity index (χ3n) is 3.08. The number of nitrogens with two attached hydrogens (primary N) is 1. The Morgan fingerprint density at radius 3 is 2.80 bits per heavy atom. The Morgan fingerprint density at radius 1 is 1.30 bits per heavy atom. The van der Waals surface area contributed by atoms with Crippen LogP contribution in [0.5, 0.6) is 5.75 Å². The highest BCUT2D eigenvalue weighted by Crippen LogP contribution is 2.28. The molecule has 1 heterocycles. The Hall–Kier alpha value is -1.58. The number of rotatable bonds is 5. The van der Waals surface area contributed by atoms with Gasteiger partial charge in [-0.25, -0.2) is 0 Å². The van der Waals surface area contributed by atoms with E-state index in [1.165, 1.54) is 0 Å². The fourth-order valence-electron chi connectivity index (χ4n) is 2.01. The molecule has 0 aliphatic heterocycles. The van der Waals surface area contributed by atoms with Crippen LogP contribution in [-0.2, 0) is 13.0 Å². The Bertz CT molecular complexity index is 584. The molecule has 0 radical (unpaired) electrons. The highest BCUT2D eigenvalue weighted by atomic mass is 35.5. The second-order valence-corrected chi connectivity index (χ2v) is 5.36. The lowest BCUT2D eigenvalue weighted by atomic mass is 10.1. The van der Waals surface area contributed by atoms with E-state index in [9.17, 15) is 0 Å². The van der Waals surface area contributed by atoms with Crippen molar-refractivity contribution in [3.63, 3.8) is 0 Å². The predicted octanol–water partition coefficient (Wildman–Crippen LogP) is 3.51. The first-order valence-electron chi connectivity index (χ1n) is 6.64. The minimum Gasteiger partial charge on any atom is -0.487 e. The third-order valence-corrected chi connectivity index (χ3v) is 3.44. The SMILES string of the molecule is Cc1cccnc1COc1cccc(Cl)c1CC(C)N. The average Bonchev–Trinajstić information content (AvgIpc) is 2.41. The van der Waals surface area contributed by atoms with Crippen LogP contribution in [0.3, 0.4) is 0 Å². The van der Waals surface area contributed by atoms with Crippen LogP contribution in [0, 0.1) is 6.92 Å². The Labute approximate surface area is 124 Å². The second kappa shape index (κ2) is 6.73. The Kier molecular flexibility index (Phi) is 4.99. The van der Waals surface area contributed by atoms with Crippen LogP contribution in [0.25, 0.3) is 0 Å². The summed E-state index contributed by atoms with van der Waals surface area (Å²) in [7, 11) is 0. The molecule has 0 aliphatic rings. The lowest BCUT2D eigenvalue weighted by molar-refractivity contribution is 0.297. The fraction of sp³-hybridized carbons (Fsp3) is 0.312. The summed E-state index contributed by atoms with van der Waals surface area (Å²) >= 11 is 6.24. The third kappa shape index (κ3) is 3.71. The van der Waals surface area contributed by atoms with Gasteiger partial charge >= 0.3 is 0 Å². The summed E-state index contributed by atoms with van der Waals surface area (Å²) in [5.74, 6) is 0.778. The van der Waals surface area contributed by atoms with Crippen LogP contribution < -0.4 is 10.5 Å². The zero-order valence-electron chi connectivity index (χ0n) is 11.8. The summed E-state index contributed by atoms with van der Waals surface area (Å²) in [6, 6.07) is 9.63. The number of benzene rings is 1. The van der Waals surface area contributed by atoms with Crippen LogP contribution in [0.4, 0.5) is 0 Å². The molecule has 0 aliphatic carbocycles. The van der Waals surface area contributed by atoms with Crippen molar-refractivity contribution < 1.29 is 4.74 Å². The van der Waals surface area contributed by atoms with Crippen molar-refractivity contribution in [2.75, 3.05) is 0 Å². The minimum absolute atomic E-state index is 0.0360. The smallest absolute Gasteiger partial charge is 0.130 e. The van der Waals surface area contributed by atoms with Crippen molar-refractivity contribution in [3.8, 4) is 5.75 Å². The zero-order chi connectivity index (χ0) is 14.5. The lowest BCUT2D eigenvalue weighted by Gasteiger charge is -2.15. The van der Waals surface area contributed by atoms with Gasteiger partial charge in [-0.1, -0.05) is 23.7 Å². The first kappa shape index (κ1) is 14.8. The van der Waals surface area contributed by atoms with Crippen molar-refractivity contribution >= 4 is 11.6 Å². The topological polar surface area (TPSA) is 48.1 Å². The number of halogens is 1. The standard InChI is InChI=1S/C16H19ClN2O/c1-11-5-4-8-19-15(11)10-20-16-7-3-6-14(17)13(16)9-12(2)18/h3-8,12H,9-10,18H2,1-2H3. The number of ether oxygens (including phenoxy) is 1. The number of aromatic nitrogens is 1. The molecule has 4 heteroatoms. The molecule has 2 aromatic rings.